The predicted octanol–water partition coefficient (Wildman–Crippen LogP) is 2.80. The molecule has 0 aromatic heterocycles. The van der Waals surface area contributed by atoms with Crippen molar-refractivity contribution in [3.63, 3.8) is 0 Å². The van der Waals surface area contributed by atoms with E-state index in [0.717, 1.165) is 13.1 Å². The van der Waals surface area contributed by atoms with E-state index in [0.29, 0.717) is 18.6 Å². The summed E-state index contributed by atoms with van der Waals surface area (Å²) in [6.45, 7) is 7.80. The number of hydrogen-bond donors (Lipinski definition) is 0. The highest BCUT2D eigenvalue weighted by Gasteiger charge is 2.40. The number of piperidine rings is 1. The number of nitrogens with zero attached hydrogens (tertiary/aromatic N) is 1. The number of hydrogen-bond acceptors (Lipinski definition) is 4. The summed E-state index contributed by atoms with van der Waals surface area (Å²) in [5.41, 5.74) is -0.464. The standard InChI is InChI=1S/C17H29NO3/c1-4-21-15(20)16(2,3)14(19)13-18-11-9-17(10-12-18)7-5-6-8-17/h4-13H2,1-3H3. The highest BCUT2D eigenvalue weighted by molar-refractivity contribution is 6.03. The van der Waals surface area contributed by atoms with Gasteiger partial charge in [0.2, 0.25) is 0 Å². The van der Waals surface area contributed by atoms with E-state index in [-0.39, 0.29) is 5.78 Å². The number of ketones is 1. The summed E-state index contributed by atoms with van der Waals surface area (Å²) >= 11 is 0. The van der Waals surface area contributed by atoms with Crippen LogP contribution in [0.15, 0.2) is 0 Å². The molecule has 1 saturated heterocycles. The van der Waals surface area contributed by atoms with Gasteiger partial charge in [0.1, 0.15) is 5.41 Å². The Bertz CT molecular complexity index is 387. The van der Waals surface area contributed by atoms with Crippen LogP contribution in [0.5, 0.6) is 0 Å². The van der Waals surface area contributed by atoms with E-state index in [1.165, 1.54) is 38.5 Å². The normalized spacial score (nSPS) is 22.4. The molecule has 120 valence electrons. The summed E-state index contributed by atoms with van der Waals surface area (Å²) in [5.74, 6) is -0.428. The highest BCUT2D eigenvalue weighted by atomic mass is 16.5. The van der Waals surface area contributed by atoms with Gasteiger partial charge in [0.05, 0.1) is 13.2 Å². The van der Waals surface area contributed by atoms with Crippen molar-refractivity contribution in [3.05, 3.63) is 0 Å². The largest absolute Gasteiger partial charge is 0.465 e. The molecule has 0 aromatic rings. The molecule has 2 aliphatic rings. The second-order valence-corrected chi connectivity index (χ2v) is 7.25. The van der Waals surface area contributed by atoms with Crippen molar-refractivity contribution in [1.29, 1.82) is 0 Å². The first-order chi connectivity index (χ1) is 9.89. The van der Waals surface area contributed by atoms with Crippen LogP contribution in [0.25, 0.3) is 0 Å². The smallest absolute Gasteiger partial charge is 0.319 e. The van der Waals surface area contributed by atoms with Crippen LogP contribution in [0, 0.1) is 10.8 Å². The quantitative estimate of drug-likeness (QED) is 0.578. The first-order valence-electron chi connectivity index (χ1n) is 8.32. The second-order valence-electron chi connectivity index (χ2n) is 7.25. The van der Waals surface area contributed by atoms with Gasteiger partial charge in [0, 0.05) is 0 Å². The predicted molar refractivity (Wildman–Crippen MR) is 82.0 cm³/mol. The molecule has 1 saturated carbocycles. The molecule has 2 rings (SSSR count). The van der Waals surface area contributed by atoms with Crippen LogP contribution in [0.1, 0.15) is 59.3 Å². The molecule has 0 bridgehead atoms. The molecule has 4 nitrogen and oxygen atoms in total. The van der Waals surface area contributed by atoms with Crippen LogP contribution >= 0.6 is 0 Å². The molecule has 1 spiro atoms. The molecule has 0 amide bonds. The van der Waals surface area contributed by atoms with E-state index in [1.54, 1.807) is 20.8 Å². The van der Waals surface area contributed by atoms with Gasteiger partial charge in [-0.25, -0.2) is 0 Å². The Hall–Kier alpha value is -0.900. The Kier molecular flexibility index (Phi) is 5.07. The first kappa shape index (κ1) is 16.5. The summed E-state index contributed by atoms with van der Waals surface area (Å²) in [4.78, 5) is 26.5. The van der Waals surface area contributed by atoms with E-state index in [9.17, 15) is 9.59 Å². The van der Waals surface area contributed by atoms with Gasteiger partial charge < -0.3 is 4.74 Å². The molecule has 21 heavy (non-hydrogen) atoms. The number of carbonyl (C=O) groups is 2. The minimum absolute atomic E-state index is 0.0247. The maximum Gasteiger partial charge on any atom is 0.319 e. The van der Waals surface area contributed by atoms with E-state index in [2.05, 4.69) is 4.90 Å². The highest BCUT2D eigenvalue weighted by Crippen LogP contribution is 2.46. The number of ether oxygens (including phenoxy) is 1. The van der Waals surface area contributed by atoms with E-state index >= 15 is 0 Å². The fourth-order valence-electron chi connectivity index (χ4n) is 3.64. The van der Waals surface area contributed by atoms with Gasteiger partial charge >= 0.3 is 5.97 Å². The number of likely N-dealkylation sites (tertiary alicyclic amines) is 1. The van der Waals surface area contributed by atoms with Gasteiger partial charge in [-0.2, -0.15) is 0 Å². The average molecular weight is 295 g/mol. The fraction of sp³-hybridized carbons (Fsp3) is 0.882. The molecule has 1 heterocycles. The molecule has 2 fully saturated rings. The van der Waals surface area contributed by atoms with Crippen molar-refractivity contribution in [2.24, 2.45) is 10.8 Å². The SMILES string of the molecule is CCOC(=O)C(C)(C)C(=O)CN1CCC2(CCCC2)CC1. The Labute approximate surface area is 128 Å². The summed E-state index contributed by atoms with van der Waals surface area (Å²) in [6.07, 6.45) is 7.89. The van der Waals surface area contributed by atoms with Crippen molar-refractivity contribution in [2.45, 2.75) is 59.3 Å². The minimum atomic E-state index is -1.03. The zero-order valence-electron chi connectivity index (χ0n) is 13.7. The minimum Gasteiger partial charge on any atom is -0.465 e. The van der Waals surface area contributed by atoms with Crippen LogP contribution < -0.4 is 0 Å². The lowest BCUT2D eigenvalue weighted by atomic mass is 9.77. The summed E-state index contributed by atoms with van der Waals surface area (Å²) in [6, 6.07) is 0. The van der Waals surface area contributed by atoms with Gasteiger partial charge in [-0.1, -0.05) is 12.8 Å². The third kappa shape index (κ3) is 3.65. The van der Waals surface area contributed by atoms with Crippen LogP contribution in [-0.4, -0.2) is 42.9 Å². The summed E-state index contributed by atoms with van der Waals surface area (Å²) in [5, 5.41) is 0. The van der Waals surface area contributed by atoms with Crippen molar-refractivity contribution in [2.75, 3.05) is 26.2 Å². The lowest BCUT2D eigenvalue weighted by Gasteiger charge is -2.39. The Morgan fingerprint density at radius 1 is 1.10 bits per heavy atom. The maximum atomic E-state index is 12.4. The fourth-order valence-corrected chi connectivity index (χ4v) is 3.64. The maximum absolute atomic E-state index is 12.4. The lowest BCUT2D eigenvalue weighted by molar-refractivity contribution is -0.158. The van der Waals surface area contributed by atoms with E-state index in [1.807, 2.05) is 0 Å². The van der Waals surface area contributed by atoms with Crippen molar-refractivity contribution in [3.8, 4) is 0 Å². The van der Waals surface area contributed by atoms with Gasteiger partial charge in [-0.3, -0.25) is 14.5 Å². The third-order valence-corrected chi connectivity index (χ3v) is 5.43. The number of rotatable bonds is 5. The molecule has 0 N–H and O–H groups in total. The summed E-state index contributed by atoms with van der Waals surface area (Å²) in [7, 11) is 0. The van der Waals surface area contributed by atoms with Crippen LogP contribution in [0.2, 0.25) is 0 Å². The Balaban J connectivity index is 1.85. The van der Waals surface area contributed by atoms with E-state index < -0.39 is 11.4 Å². The molecule has 1 aliphatic carbocycles. The topological polar surface area (TPSA) is 46.6 Å². The van der Waals surface area contributed by atoms with Gasteiger partial charge in [0.15, 0.2) is 5.78 Å². The van der Waals surface area contributed by atoms with Crippen molar-refractivity contribution in [1.82, 2.24) is 4.90 Å². The van der Waals surface area contributed by atoms with Crippen LogP contribution in [0.3, 0.4) is 0 Å². The van der Waals surface area contributed by atoms with Crippen molar-refractivity contribution < 1.29 is 14.3 Å². The molecular formula is C17H29NO3. The lowest BCUT2D eigenvalue weighted by Crippen LogP contribution is -2.46. The summed E-state index contributed by atoms with van der Waals surface area (Å²) < 4.78 is 5.01. The number of carbonyl (C=O) groups excluding carboxylic acids is 2. The monoisotopic (exact) mass is 295 g/mol. The van der Waals surface area contributed by atoms with Gasteiger partial charge in [-0.05, 0) is 65.0 Å². The third-order valence-electron chi connectivity index (χ3n) is 5.43. The molecule has 4 heteroatoms. The Morgan fingerprint density at radius 3 is 2.19 bits per heavy atom. The molecule has 1 aliphatic heterocycles. The van der Waals surface area contributed by atoms with Crippen molar-refractivity contribution >= 4 is 11.8 Å². The zero-order valence-corrected chi connectivity index (χ0v) is 13.7. The van der Waals surface area contributed by atoms with Gasteiger partial charge in [0.25, 0.3) is 0 Å². The Morgan fingerprint density at radius 2 is 1.67 bits per heavy atom. The van der Waals surface area contributed by atoms with Gasteiger partial charge in [-0.15, -0.1) is 0 Å². The molecule has 0 aromatic carbocycles. The molecule has 0 atom stereocenters. The average Bonchev–Trinajstić information content (AvgIpc) is 2.90. The van der Waals surface area contributed by atoms with Crippen LogP contribution in [-0.2, 0) is 14.3 Å². The molecule has 0 radical (unpaired) electrons. The van der Waals surface area contributed by atoms with Crippen LogP contribution in [0.4, 0.5) is 0 Å². The number of esters is 1. The molecule has 0 unspecified atom stereocenters. The zero-order chi connectivity index (χ0) is 15.5. The van der Waals surface area contributed by atoms with E-state index in [4.69, 9.17) is 4.74 Å². The molecular weight excluding hydrogens is 266 g/mol. The second kappa shape index (κ2) is 6.47. The first-order valence-corrected chi connectivity index (χ1v) is 8.32. The number of Topliss-reactive ketones (excluding diaryl/α,β-unsaturated/α-hetero) is 1.